The molecule has 1 atom stereocenters. The van der Waals surface area contributed by atoms with Crippen molar-refractivity contribution >= 4 is 12.0 Å². The minimum Gasteiger partial charge on any atom is -0.480 e. The first-order valence-electron chi connectivity index (χ1n) is 5.44. The second kappa shape index (κ2) is 5.69. The van der Waals surface area contributed by atoms with Gasteiger partial charge in [0.25, 0.3) is 0 Å². The molecule has 0 spiro atoms. The molecule has 1 aliphatic carbocycles. The quantitative estimate of drug-likeness (QED) is 0.635. The van der Waals surface area contributed by atoms with Gasteiger partial charge in [-0.1, -0.05) is 0 Å². The number of amides is 2. The number of urea groups is 1. The Bertz CT molecular complexity index is 264. The summed E-state index contributed by atoms with van der Waals surface area (Å²) in [5.41, 5.74) is 0. The highest BCUT2D eigenvalue weighted by molar-refractivity contribution is 5.82. The third kappa shape index (κ3) is 3.69. The van der Waals surface area contributed by atoms with Crippen molar-refractivity contribution in [2.75, 3.05) is 6.61 Å². The molecule has 0 aliphatic heterocycles. The molecular weight excluding hydrogens is 212 g/mol. The van der Waals surface area contributed by atoms with Crippen LogP contribution < -0.4 is 10.6 Å². The fourth-order valence-electron chi connectivity index (χ4n) is 1.54. The first-order valence-corrected chi connectivity index (χ1v) is 5.44. The number of carboxylic acid groups (broad SMARTS) is 1. The standard InChI is InChI=1S/C10H18N2O4/c1-3-16-8-4-7(5-8)12-10(15)11-6(2)9(13)14/h6-8H,3-5H2,1-2H3,(H,13,14)(H2,11,12,15)/t6-,7?,8?/m0/s1. The van der Waals surface area contributed by atoms with E-state index in [0.29, 0.717) is 6.61 Å². The number of carbonyl (C=O) groups is 2. The highest BCUT2D eigenvalue weighted by atomic mass is 16.5. The van der Waals surface area contributed by atoms with Gasteiger partial charge in [0.2, 0.25) is 0 Å². The van der Waals surface area contributed by atoms with Crippen LogP contribution >= 0.6 is 0 Å². The molecule has 0 unspecified atom stereocenters. The molecule has 3 N–H and O–H groups in total. The van der Waals surface area contributed by atoms with Crippen LogP contribution in [0.1, 0.15) is 26.7 Å². The summed E-state index contributed by atoms with van der Waals surface area (Å²) in [5.74, 6) is -1.05. The lowest BCUT2D eigenvalue weighted by Gasteiger charge is -2.35. The number of aliphatic carboxylic acids is 1. The van der Waals surface area contributed by atoms with Crippen LogP contribution in [0.4, 0.5) is 4.79 Å². The molecule has 0 bridgehead atoms. The van der Waals surface area contributed by atoms with Gasteiger partial charge in [-0.25, -0.2) is 4.79 Å². The topological polar surface area (TPSA) is 87.7 Å². The fraction of sp³-hybridized carbons (Fsp3) is 0.800. The average molecular weight is 230 g/mol. The van der Waals surface area contributed by atoms with Crippen LogP contribution in [0.3, 0.4) is 0 Å². The molecule has 1 aliphatic rings. The van der Waals surface area contributed by atoms with Gasteiger partial charge in [0, 0.05) is 12.6 Å². The second-order valence-corrected chi connectivity index (χ2v) is 3.92. The van der Waals surface area contributed by atoms with Gasteiger partial charge in [0.1, 0.15) is 6.04 Å². The van der Waals surface area contributed by atoms with Crippen LogP contribution in [-0.4, -0.2) is 41.9 Å². The summed E-state index contributed by atoms with van der Waals surface area (Å²) in [6.07, 6.45) is 1.82. The van der Waals surface area contributed by atoms with Gasteiger partial charge in [0.15, 0.2) is 0 Å². The molecule has 2 amide bonds. The SMILES string of the molecule is CCOC1CC(NC(=O)N[C@@H](C)C(=O)O)C1. The smallest absolute Gasteiger partial charge is 0.325 e. The van der Waals surface area contributed by atoms with E-state index < -0.39 is 18.0 Å². The van der Waals surface area contributed by atoms with E-state index in [1.54, 1.807) is 0 Å². The van der Waals surface area contributed by atoms with Crippen molar-refractivity contribution in [1.29, 1.82) is 0 Å². The number of carbonyl (C=O) groups excluding carboxylic acids is 1. The summed E-state index contributed by atoms with van der Waals surface area (Å²) in [6.45, 7) is 4.04. The summed E-state index contributed by atoms with van der Waals surface area (Å²) in [4.78, 5) is 21.8. The molecule has 16 heavy (non-hydrogen) atoms. The minimum atomic E-state index is -1.05. The average Bonchev–Trinajstić information content (AvgIpc) is 2.14. The van der Waals surface area contributed by atoms with E-state index in [1.807, 2.05) is 6.92 Å². The van der Waals surface area contributed by atoms with Gasteiger partial charge in [-0.05, 0) is 26.7 Å². The number of ether oxygens (including phenoxy) is 1. The predicted octanol–water partition coefficient (Wildman–Crippen LogP) is 0.326. The molecule has 1 saturated carbocycles. The molecular formula is C10H18N2O4. The molecule has 0 saturated heterocycles. The molecule has 6 nitrogen and oxygen atoms in total. The summed E-state index contributed by atoms with van der Waals surface area (Å²) in [7, 11) is 0. The van der Waals surface area contributed by atoms with E-state index in [9.17, 15) is 9.59 Å². The Kier molecular flexibility index (Phi) is 4.54. The lowest BCUT2D eigenvalue weighted by molar-refractivity contribution is -0.138. The van der Waals surface area contributed by atoms with Gasteiger partial charge in [-0.2, -0.15) is 0 Å². The molecule has 0 heterocycles. The van der Waals surface area contributed by atoms with Crippen LogP contribution in [0.2, 0.25) is 0 Å². The number of rotatable bonds is 5. The maximum atomic E-state index is 11.3. The molecule has 0 aromatic rings. The van der Waals surface area contributed by atoms with Crippen molar-refractivity contribution in [2.45, 2.75) is 44.9 Å². The van der Waals surface area contributed by atoms with Gasteiger partial charge >= 0.3 is 12.0 Å². The highest BCUT2D eigenvalue weighted by Crippen LogP contribution is 2.22. The summed E-state index contributed by atoms with van der Waals surface area (Å²) >= 11 is 0. The molecule has 92 valence electrons. The molecule has 0 radical (unpaired) electrons. The van der Waals surface area contributed by atoms with Crippen molar-refractivity contribution in [3.8, 4) is 0 Å². The van der Waals surface area contributed by atoms with Crippen molar-refractivity contribution in [3.63, 3.8) is 0 Å². The number of nitrogens with one attached hydrogen (secondary N) is 2. The monoisotopic (exact) mass is 230 g/mol. The largest absolute Gasteiger partial charge is 0.480 e. The van der Waals surface area contributed by atoms with E-state index in [2.05, 4.69) is 10.6 Å². The van der Waals surface area contributed by atoms with E-state index >= 15 is 0 Å². The Balaban J connectivity index is 2.15. The zero-order valence-electron chi connectivity index (χ0n) is 9.53. The fourth-order valence-corrected chi connectivity index (χ4v) is 1.54. The molecule has 0 aromatic carbocycles. The van der Waals surface area contributed by atoms with Gasteiger partial charge in [-0.15, -0.1) is 0 Å². The molecule has 6 heteroatoms. The normalized spacial score (nSPS) is 25.4. The lowest BCUT2D eigenvalue weighted by atomic mass is 9.89. The molecule has 0 aromatic heterocycles. The van der Waals surface area contributed by atoms with Gasteiger partial charge < -0.3 is 20.5 Å². The Hall–Kier alpha value is -1.30. The molecule has 1 rings (SSSR count). The Morgan fingerprint density at radius 1 is 1.50 bits per heavy atom. The third-order valence-electron chi connectivity index (χ3n) is 2.55. The van der Waals surface area contributed by atoms with Crippen LogP contribution in [-0.2, 0) is 9.53 Å². The van der Waals surface area contributed by atoms with E-state index in [4.69, 9.17) is 9.84 Å². The summed E-state index contributed by atoms with van der Waals surface area (Å²) < 4.78 is 5.34. The van der Waals surface area contributed by atoms with Crippen LogP contribution in [0.5, 0.6) is 0 Å². The predicted molar refractivity (Wildman–Crippen MR) is 57.2 cm³/mol. The van der Waals surface area contributed by atoms with Crippen molar-refractivity contribution < 1.29 is 19.4 Å². The first-order chi connectivity index (χ1) is 7.52. The minimum absolute atomic E-state index is 0.0949. The summed E-state index contributed by atoms with van der Waals surface area (Å²) in [6, 6.07) is -1.21. The van der Waals surface area contributed by atoms with Crippen molar-refractivity contribution in [3.05, 3.63) is 0 Å². The molecule has 1 fully saturated rings. The van der Waals surface area contributed by atoms with Crippen LogP contribution in [0, 0.1) is 0 Å². The Morgan fingerprint density at radius 3 is 2.62 bits per heavy atom. The van der Waals surface area contributed by atoms with Crippen LogP contribution in [0.25, 0.3) is 0 Å². The lowest BCUT2D eigenvalue weighted by Crippen LogP contribution is -2.53. The van der Waals surface area contributed by atoms with Crippen molar-refractivity contribution in [1.82, 2.24) is 10.6 Å². The van der Waals surface area contributed by atoms with Crippen LogP contribution in [0.15, 0.2) is 0 Å². The highest BCUT2D eigenvalue weighted by Gasteiger charge is 2.31. The van der Waals surface area contributed by atoms with E-state index in [0.717, 1.165) is 12.8 Å². The Morgan fingerprint density at radius 2 is 2.12 bits per heavy atom. The van der Waals surface area contributed by atoms with Gasteiger partial charge in [0.05, 0.1) is 6.10 Å². The number of carboxylic acids is 1. The van der Waals surface area contributed by atoms with Gasteiger partial charge in [-0.3, -0.25) is 4.79 Å². The third-order valence-corrected chi connectivity index (χ3v) is 2.55. The van der Waals surface area contributed by atoms with Crippen molar-refractivity contribution in [2.24, 2.45) is 0 Å². The van der Waals surface area contributed by atoms with E-state index in [1.165, 1.54) is 6.92 Å². The zero-order valence-corrected chi connectivity index (χ0v) is 9.53. The summed E-state index contributed by atoms with van der Waals surface area (Å²) in [5, 5.41) is 13.6. The first kappa shape index (κ1) is 12.8. The Labute approximate surface area is 94.3 Å². The number of hydrogen-bond acceptors (Lipinski definition) is 3. The number of hydrogen-bond donors (Lipinski definition) is 3. The second-order valence-electron chi connectivity index (χ2n) is 3.92. The van der Waals surface area contributed by atoms with E-state index in [-0.39, 0.29) is 12.1 Å². The maximum absolute atomic E-state index is 11.3. The zero-order chi connectivity index (χ0) is 12.1. The maximum Gasteiger partial charge on any atom is 0.325 e.